The number of benzene rings is 2. The van der Waals surface area contributed by atoms with Gasteiger partial charge in [-0.15, -0.1) is 0 Å². The van der Waals surface area contributed by atoms with Crippen LogP contribution in [0.2, 0.25) is 0 Å². The van der Waals surface area contributed by atoms with Crippen molar-refractivity contribution in [1.29, 1.82) is 0 Å². The molecule has 0 aliphatic carbocycles. The number of methoxy groups -OCH3 is 2. The predicted molar refractivity (Wildman–Crippen MR) is 102 cm³/mol. The number of nitrogens with two attached hydrogens (primary N) is 1. The molecule has 0 saturated carbocycles. The quantitative estimate of drug-likeness (QED) is 0.595. The van der Waals surface area contributed by atoms with Crippen LogP contribution in [0.15, 0.2) is 46.2 Å². The highest BCUT2D eigenvalue weighted by Gasteiger charge is 2.20. The second-order valence-corrected chi connectivity index (χ2v) is 8.77. The molecule has 1 amide bonds. The lowest BCUT2D eigenvalue weighted by Gasteiger charge is -2.14. The molecule has 12 heteroatoms. The van der Waals surface area contributed by atoms with Gasteiger partial charge in [0.05, 0.1) is 30.5 Å². The Bertz CT molecular complexity index is 1110. The van der Waals surface area contributed by atoms with Crippen LogP contribution in [-0.4, -0.2) is 37.0 Å². The van der Waals surface area contributed by atoms with Gasteiger partial charge in [-0.1, -0.05) is 0 Å². The molecule has 0 fully saturated rings. The van der Waals surface area contributed by atoms with Crippen LogP contribution in [0.4, 0.5) is 11.4 Å². The largest absolute Gasteiger partial charge is 0.495 e. The number of sulfonamides is 2. The molecule has 4 N–H and O–H groups in total. The van der Waals surface area contributed by atoms with Gasteiger partial charge in [0.2, 0.25) is 15.9 Å². The van der Waals surface area contributed by atoms with E-state index in [9.17, 15) is 21.6 Å². The van der Waals surface area contributed by atoms with Gasteiger partial charge in [0.1, 0.15) is 16.4 Å². The number of anilines is 2. The first kappa shape index (κ1) is 21.5. The third-order valence-electron chi connectivity index (χ3n) is 3.51. The minimum absolute atomic E-state index is 0.0251. The van der Waals surface area contributed by atoms with Gasteiger partial charge in [-0.25, -0.2) is 22.0 Å². The lowest BCUT2D eigenvalue weighted by molar-refractivity contribution is -0.114. The number of carbonyl (C=O) groups is 1. The average molecular weight is 429 g/mol. The summed E-state index contributed by atoms with van der Waals surface area (Å²) in [6.45, 7) is 1.27. The second kappa shape index (κ2) is 8.04. The maximum absolute atomic E-state index is 12.7. The van der Waals surface area contributed by atoms with Crippen molar-refractivity contribution >= 4 is 37.3 Å². The van der Waals surface area contributed by atoms with E-state index in [0.717, 1.165) is 6.07 Å². The van der Waals surface area contributed by atoms with Gasteiger partial charge < -0.3 is 14.8 Å². The molecule has 0 aliphatic rings. The summed E-state index contributed by atoms with van der Waals surface area (Å²) < 4.78 is 61.0. The first-order chi connectivity index (χ1) is 13.0. The number of rotatable bonds is 7. The van der Waals surface area contributed by atoms with E-state index in [-0.39, 0.29) is 32.7 Å². The molecule has 152 valence electrons. The van der Waals surface area contributed by atoms with Crippen molar-refractivity contribution in [1.82, 2.24) is 0 Å². The van der Waals surface area contributed by atoms with Gasteiger partial charge in [-0.05, 0) is 36.4 Å². The van der Waals surface area contributed by atoms with Crippen molar-refractivity contribution in [2.45, 2.75) is 16.7 Å². The van der Waals surface area contributed by atoms with Crippen LogP contribution in [0.1, 0.15) is 6.92 Å². The fraction of sp³-hybridized carbons (Fsp3) is 0.188. The Balaban J connectivity index is 2.45. The van der Waals surface area contributed by atoms with Crippen molar-refractivity contribution in [2.24, 2.45) is 5.14 Å². The zero-order valence-electron chi connectivity index (χ0n) is 15.2. The molecule has 2 rings (SSSR count). The number of hydrogen-bond donors (Lipinski definition) is 3. The van der Waals surface area contributed by atoms with Crippen molar-refractivity contribution < 1.29 is 31.1 Å². The van der Waals surface area contributed by atoms with E-state index in [1.165, 1.54) is 51.5 Å². The van der Waals surface area contributed by atoms with Crippen LogP contribution >= 0.6 is 0 Å². The third kappa shape index (κ3) is 4.91. The van der Waals surface area contributed by atoms with Gasteiger partial charge >= 0.3 is 0 Å². The van der Waals surface area contributed by atoms with Crippen LogP contribution in [-0.2, 0) is 24.8 Å². The fourth-order valence-electron chi connectivity index (χ4n) is 2.32. The summed E-state index contributed by atoms with van der Waals surface area (Å²) in [6.07, 6.45) is 0. The molecular formula is C16H19N3O7S2. The molecule has 2 aromatic rings. The SMILES string of the molecule is COc1ccc(S(=O)(=O)Nc2ccc(OC)c(S(N)(=O)=O)c2)cc1NC(C)=O. The van der Waals surface area contributed by atoms with Crippen molar-refractivity contribution in [3.8, 4) is 11.5 Å². The lowest BCUT2D eigenvalue weighted by atomic mass is 10.3. The summed E-state index contributed by atoms with van der Waals surface area (Å²) in [5.41, 5.74) is 0.125. The second-order valence-electron chi connectivity index (χ2n) is 5.56. The maximum atomic E-state index is 12.7. The van der Waals surface area contributed by atoms with Crippen molar-refractivity contribution in [2.75, 3.05) is 24.3 Å². The number of carbonyl (C=O) groups excluding carboxylic acids is 1. The Labute approximate surface area is 162 Å². The molecule has 0 atom stereocenters. The highest BCUT2D eigenvalue weighted by Crippen LogP contribution is 2.30. The molecule has 0 spiro atoms. The zero-order valence-corrected chi connectivity index (χ0v) is 16.8. The van der Waals surface area contributed by atoms with E-state index in [4.69, 9.17) is 14.6 Å². The first-order valence-corrected chi connectivity index (χ1v) is 10.7. The van der Waals surface area contributed by atoms with Crippen LogP contribution in [0.5, 0.6) is 11.5 Å². The summed E-state index contributed by atoms with van der Waals surface area (Å²) in [7, 11) is -5.62. The van der Waals surface area contributed by atoms with Gasteiger partial charge in [0, 0.05) is 6.92 Å². The number of amides is 1. The van der Waals surface area contributed by atoms with E-state index in [0.29, 0.717) is 0 Å². The summed E-state index contributed by atoms with van der Waals surface area (Å²) in [5, 5.41) is 7.61. The molecule has 0 aromatic heterocycles. The number of primary sulfonamides is 1. The van der Waals surface area contributed by atoms with Crippen molar-refractivity contribution in [3.05, 3.63) is 36.4 Å². The van der Waals surface area contributed by atoms with Crippen LogP contribution in [0.25, 0.3) is 0 Å². The van der Waals surface area contributed by atoms with Crippen molar-refractivity contribution in [3.63, 3.8) is 0 Å². The van der Waals surface area contributed by atoms with E-state index >= 15 is 0 Å². The van der Waals surface area contributed by atoms with Gasteiger partial charge in [0.25, 0.3) is 10.0 Å². The smallest absolute Gasteiger partial charge is 0.261 e. The lowest BCUT2D eigenvalue weighted by Crippen LogP contribution is -2.16. The van der Waals surface area contributed by atoms with E-state index in [2.05, 4.69) is 10.0 Å². The van der Waals surface area contributed by atoms with Gasteiger partial charge in [-0.2, -0.15) is 0 Å². The molecule has 0 aliphatic heterocycles. The topological polar surface area (TPSA) is 154 Å². The maximum Gasteiger partial charge on any atom is 0.261 e. The summed E-state index contributed by atoms with van der Waals surface area (Å²) in [4.78, 5) is 10.8. The molecule has 0 unspecified atom stereocenters. The monoisotopic (exact) mass is 429 g/mol. The predicted octanol–water partition coefficient (Wildman–Crippen LogP) is 1.11. The summed E-state index contributed by atoms with van der Waals surface area (Å²) in [6, 6.07) is 7.51. The number of hydrogen-bond acceptors (Lipinski definition) is 7. The average Bonchev–Trinajstić information content (AvgIpc) is 2.60. The summed E-state index contributed by atoms with van der Waals surface area (Å²) in [5.74, 6) is -0.160. The van der Waals surface area contributed by atoms with E-state index < -0.39 is 26.0 Å². The Hall–Kier alpha value is -2.83. The third-order valence-corrected chi connectivity index (χ3v) is 5.83. The minimum atomic E-state index is -4.14. The Morgan fingerprint density at radius 3 is 2.11 bits per heavy atom. The Kier molecular flexibility index (Phi) is 6.17. The standard InChI is InChI=1S/C16H19N3O7S2/c1-10(20)18-13-9-12(5-7-14(13)25-2)28(23,24)19-11-4-6-15(26-3)16(8-11)27(17,21)22/h4-9,19H,1-3H3,(H,18,20)(H2,17,21,22). The summed E-state index contributed by atoms with van der Waals surface area (Å²) >= 11 is 0. The molecule has 28 heavy (non-hydrogen) atoms. The van der Waals surface area contributed by atoms with Gasteiger partial charge in [0.15, 0.2) is 0 Å². The van der Waals surface area contributed by atoms with E-state index in [1.807, 2.05) is 0 Å². The molecular weight excluding hydrogens is 410 g/mol. The fourth-order valence-corrected chi connectivity index (χ4v) is 4.12. The molecule has 0 saturated heterocycles. The van der Waals surface area contributed by atoms with Gasteiger partial charge in [-0.3, -0.25) is 9.52 Å². The highest BCUT2D eigenvalue weighted by atomic mass is 32.2. The van der Waals surface area contributed by atoms with Crippen LogP contribution in [0.3, 0.4) is 0 Å². The molecule has 0 bridgehead atoms. The number of ether oxygens (including phenoxy) is 2. The first-order valence-electron chi connectivity index (χ1n) is 7.67. The van der Waals surface area contributed by atoms with Crippen LogP contribution < -0.4 is 24.7 Å². The Morgan fingerprint density at radius 1 is 0.964 bits per heavy atom. The van der Waals surface area contributed by atoms with Crippen LogP contribution in [0, 0.1) is 0 Å². The molecule has 2 aromatic carbocycles. The molecule has 0 heterocycles. The highest BCUT2D eigenvalue weighted by molar-refractivity contribution is 7.92. The minimum Gasteiger partial charge on any atom is -0.495 e. The zero-order chi connectivity index (χ0) is 21.1. The Morgan fingerprint density at radius 2 is 1.57 bits per heavy atom. The normalized spacial score (nSPS) is 11.6. The molecule has 0 radical (unpaired) electrons. The molecule has 10 nitrogen and oxygen atoms in total. The number of nitrogens with one attached hydrogen (secondary N) is 2. The van der Waals surface area contributed by atoms with E-state index in [1.54, 1.807) is 0 Å².